The zero-order chi connectivity index (χ0) is 9.10. The van der Waals surface area contributed by atoms with Gasteiger partial charge in [-0.1, -0.05) is 0 Å². The minimum absolute atomic E-state index is 0.285. The van der Waals surface area contributed by atoms with Crippen LogP contribution in [0.4, 0.5) is 0 Å². The SMILES string of the molecule is C#CC[Se]c1nc2ccccc2[nH]1. The van der Waals surface area contributed by atoms with E-state index in [0.717, 1.165) is 21.1 Å². The van der Waals surface area contributed by atoms with E-state index in [1.807, 2.05) is 24.3 Å². The van der Waals surface area contributed by atoms with Crippen LogP contribution in [0.15, 0.2) is 24.3 Å². The standard InChI is InChI=1S/C10H8N2Se/c1-2-7-13-10-11-8-5-3-4-6-9(8)12-10/h1,3-6H,7H2,(H,11,12). The van der Waals surface area contributed by atoms with E-state index in [2.05, 4.69) is 15.9 Å². The fraction of sp³-hybridized carbons (Fsp3) is 0.100. The summed E-state index contributed by atoms with van der Waals surface area (Å²) < 4.78 is 1.03. The van der Waals surface area contributed by atoms with E-state index in [9.17, 15) is 0 Å². The van der Waals surface area contributed by atoms with Gasteiger partial charge in [0.25, 0.3) is 0 Å². The van der Waals surface area contributed by atoms with Crippen LogP contribution in [0, 0.1) is 12.3 Å². The molecule has 2 aromatic rings. The van der Waals surface area contributed by atoms with Gasteiger partial charge in [-0.25, -0.2) is 0 Å². The Morgan fingerprint density at radius 2 is 2.31 bits per heavy atom. The molecule has 0 aliphatic carbocycles. The van der Waals surface area contributed by atoms with Crippen molar-refractivity contribution in [3.8, 4) is 12.3 Å². The number of benzene rings is 1. The van der Waals surface area contributed by atoms with Crippen LogP contribution in [-0.4, -0.2) is 24.9 Å². The summed E-state index contributed by atoms with van der Waals surface area (Å²) in [5.41, 5.74) is 2.12. The Morgan fingerprint density at radius 1 is 1.46 bits per heavy atom. The number of H-pyrrole nitrogens is 1. The van der Waals surface area contributed by atoms with Crippen LogP contribution in [0.25, 0.3) is 11.0 Å². The number of hydrogen-bond acceptors (Lipinski definition) is 1. The predicted octanol–water partition coefficient (Wildman–Crippen LogP) is 0.944. The van der Waals surface area contributed by atoms with Crippen molar-refractivity contribution in [1.82, 2.24) is 9.97 Å². The number of nitrogens with zero attached hydrogens (tertiary/aromatic N) is 1. The number of rotatable bonds is 2. The summed E-state index contributed by atoms with van der Waals surface area (Å²) in [6.45, 7) is 0. The number of imidazole rings is 1. The molecule has 1 N–H and O–H groups in total. The molecule has 0 aliphatic heterocycles. The summed E-state index contributed by atoms with van der Waals surface area (Å²) in [5.74, 6) is 2.63. The average molecular weight is 235 g/mol. The van der Waals surface area contributed by atoms with Crippen molar-refractivity contribution in [2.45, 2.75) is 5.32 Å². The molecule has 0 spiro atoms. The molecule has 64 valence electrons. The van der Waals surface area contributed by atoms with E-state index in [1.54, 1.807) is 0 Å². The normalized spacial score (nSPS) is 10.1. The minimum atomic E-state index is 0.285. The van der Waals surface area contributed by atoms with Crippen molar-refractivity contribution in [3.63, 3.8) is 0 Å². The van der Waals surface area contributed by atoms with Crippen LogP contribution >= 0.6 is 0 Å². The summed E-state index contributed by atoms with van der Waals surface area (Å²) in [7, 11) is 0. The van der Waals surface area contributed by atoms with Crippen molar-refractivity contribution >= 4 is 30.7 Å². The molecule has 2 rings (SSSR count). The number of fused-ring (bicyclic) bond motifs is 1. The third-order valence-corrected chi connectivity index (χ3v) is 3.29. The topological polar surface area (TPSA) is 28.7 Å². The number of aromatic nitrogens is 2. The molecule has 1 aromatic heterocycles. The average Bonchev–Trinajstić information content (AvgIpc) is 2.57. The monoisotopic (exact) mass is 236 g/mol. The van der Waals surface area contributed by atoms with Gasteiger partial charge in [0.15, 0.2) is 0 Å². The number of nitrogens with one attached hydrogen (secondary N) is 1. The van der Waals surface area contributed by atoms with E-state index < -0.39 is 0 Å². The van der Waals surface area contributed by atoms with Gasteiger partial charge in [0, 0.05) is 0 Å². The maximum absolute atomic E-state index is 5.19. The van der Waals surface area contributed by atoms with Gasteiger partial charge in [-0.05, 0) is 0 Å². The van der Waals surface area contributed by atoms with Gasteiger partial charge in [-0.3, -0.25) is 0 Å². The second kappa shape index (κ2) is 3.66. The van der Waals surface area contributed by atoms with Gasteiger partial charge < -0.3 is 0 Å². The van der Waals surface area contributed by atoms with Crippen molar-refractivity contribution in [3.05, 3.63) is 24.3 Å². The molecular weight excluding hydrogens is 227 g/mol. The Labute approximate surface area is 82.9 Å². The number of hydrogen-bond donors (Lipinski definition) is 1. The van der Waals surface area contributed by atoms with Gasteiger partial charge >= 0.3 is 82.6 Å². The molecule has 0 fully saturated rings. The fourth-order valence-corrected chi connectivity index (χ4v) is 2.29. The number of para-hydroxylation sites is 2. The van der Waals surface area contributed by atoms with E-state index in [4.69, 9.17) is 6.42 Å². The first-order chi connectivity index (χ1) is 6.40. The summed E-state index contributed by atoms with van der Waals surface area (Å²) in [6.07, 6.45) is 5.19. The van der Waals surface area contributed by atoms with E-state index in [0.29, 0.717) is 0 Å². The third-order valence-electron chi connectivity index (χ3n) is 1.66. The molecule has 0 radical (unpaired) electrons. The van der Waals surface area contributed by atoms with Gasteiger partial charge in [0.2, 0.25) is 0 Å². The molecule has 0 unspecified atom stereocenters. The van der Waals surface area contributed by atoms with Crippen LogP contribution in [-0.2, 0) is 0 Å². The van der Waals surface area contributed by atoms with E-state index in [1.165, 1.54) is 0 Å². The molecule has 1 heterocycles. The first-order valence-corrected chi connectivity index (χ1v) is 5.98. The molecule has 13 heavy (non-hydrogen) atoms. The predicted molar refractivity (Wildman–Crippen MR) is 55.1 cm³/mol. The Morgan fingerprint density at radius 3 is 3.08 bits per heavy atom. The molecule has 0 amide bonds. The Balaban J connectivity index is 2.34. The van der Waals surface area contributed by atoms with Crippen LogP contribution in [0.2, 0.25) is 5.32 Å². The summed E-state index contributed by atoms with van der Waals surface area (Å²) >= 11 is 0.285. The summed E-state index contributed by atoms with van der Waals surface area (Å²) in [5, 5.41) is 0.798. The fourth-order valence-electron chi connectivity index (χ4n) is 1.11. The van der Waals surface area contributed by atoms with Gasteiger partial charge in [0.05, 0.1) is 0 Å². The number of terminal acetylenes is 1. The van der Waals surface area contributed by atoms with Gasteiger partial charge in [-0.15, -0.1) is 0 Å². The van der Waals surface area contributed by atoms with Gasteiger partial charge in [-0.2, -0.15) is 0 Å². The molecule has 2 nitrogen and oxygen atoms in total. The van der Waals surface area contributed by atoms with Crippen LogP contribution in [0.5, 0.6) is 0 Å². The van der Waals surface area contributed by atoms with Crippen LogP contribution in [0.3, 0.4) is 0 Å². The van der Waals surface area contributed by atoms with Crippen LogP contribution < -0.4 is 4.72 Å². The number of aromatic amines is 1. The van der Waals surface area contributed by atoms with Crippen LogP contribution in [0.1, 0.15) is 0 Å². The Kier molecular flexibility index (Phi) is 2.35. The molecule has 0 aliphatic rings. The molecule has 0 saturated heterocycles. The zero-order valence-corrected chi connectivity index (χ0v) is 8.66. The first-order valence-electron chi connectivity index (χ1n) is 3.91. The Hall–Kier alpha value is -1.23. The summed E-state index contributed by atoms with van der Waals surface area (Å²) in [4.78, 5) is 7.68. The van der Waals surface area contributed by atoms with E-state index >= 15 is 0 Å². The molecule has 0 bridgehead atoms. The second-order valence-corrected chi connectivity index (χ2v) is 4.57. The van der Waals surface area contributed by atoms with Crippen molar-refractivity contribution < 1.29 is 0 Å². The first kappa shape index (κ1) is 8.37. The molecular formula is C10H8N2Se. The second-order valence-electron chi connectivity index (χ2n) is 2.55. The van der Waals surface area contributed by atoms with Crippen molar-refractivity contribution in [1.29, 1.82) is 0 Å². The quantitative estimate of drug-likeness (QED) is 0.609. The molecule has 0 atom stereocenters. The molecule has 3 heteroatoms. The molecule has 1 aromatic carbocycles. The van der Waals surface area contributed by atoms with Gasteiger partial charge in [0.1, 0.15) is 0 Å². The maximum atomic E-state index is 5.19. The molecule has 0 saturated carbocycles. The third kappa shape index (κ3) is 1.75. The summed E-state index contributed by atoms with van der Waals surface area (Å²) in [6, 6.07) is 8.01. The van der Waals surface area contributed by atoms with Crippen molar-refractivity contribution in [2.75, 3.05) is 0 Å². The zero-order valence-electron chi connectivity index (χ0n) is 6.95. The van der Waals surface area contributed by atoms with E-state index in [-0.39, 0.29) is 15.0 Å². The van der Waals surface area contributed by atoms with Crippen molar-refractivity contribution in [2.24, 2.45) is 0 Å². The Bertz CT molecular complexity index is 420.